The van der Waals surface area contributed by atoms with E-state index in [1.807, 2.05) is 0 Å². The molecule has 310 valence electrons. The van der Waals surface area contributed by atoms with Crippen LogP contribution in [0.4, 0.5) is 0 Å². The summed E-state index contributed by atoms with van der Waals surface area (Å²) in [6, 6.07) is 90.3. The average Bonchev–Trinajstić information content (AvgIpc) is 4.06. The quantitative estimate of drug-likeness (QED) is 0.113. The smallest absolute Gasteiger partial charge is 0.213 e. The number of furan rings is 2. The van der Waals surface area contributed by atoms with Crippen molar-refractivity contribution in [1.82, 2.24) is 4.57 Å². The third-order valence-corrected chi connectivity index (χ3v) is 18.3. The highest BCUT2D eigenvalue weighted by atomic mass is 28.3. The molecule has 66 heavy (non-hydrogen) atoms. The van der Waals surface area contributed by atoms with Gasteiger partial charge in [0.2, 0.25) is 5.71 Å². The molecule has 0 saturated carbocycles. The average molecular weight is 860 g/mol. The molecule has 0 unspecified atom stereocenters. The summed E-state index contributed by atoms with van der Waals surface area (Å²) in [6.07, 6.45) is 0. The van der Waals surface area contributed by atoms with E-state index in [0.29, 0.717) is 0 Å². The second-order valence-electron chi connectivity index (χ2n) is 17.2. The molecule has 3 nitrogen and oxygen atoms in total. The van der Waals surface area contributed by atoms with E-state index in [-0.39, 0.29) is 0 Å². The number of benzene rings is 10. The number of hydrogen-bond donors (Lipinski definition) is 0. The Morgan fingerprint density at radius 1 is 0.288 bits per heavy atom. The first-order chi connectivity index (χ1) is 32.7. The van der Waals surface area contributed by atoms with Gasteiger partial charge in [0.05, 0.1) is 10.9 Å². The first-order valence-electron chi connectivity index (χ1n) is 22.6. The van der Waals surface area contributed by atoms with Crippen molar-refractivity contribution in [2.75, 3.05) is 0 Å². The van der Waals surface area contributed by atoms with Crippen LogP contribution in [0, 0.1) is 0 Å². The molecule has 10 aromatic carbocycles. The lowest BCUT2D eigenvalue weighted by molar-refractivity contribution is 0.645. The molecular weight excluding hydrogens is 819 g/mol. The standard InChI is InChI=1S/C62H41NO2Si/c1-5-17-42(18-6-1)46-31-35-60-56(40-46)61-53-29-13-14-30-57(53)63(62(61)65-60)48-33-36-59-55(41-48)54-39-47(32-34-58(54)64-59)44-20-15-19-43(37-44)45-21-16-28-52(38-45)66(49-22-7-2-8-23-49,50-24-9-3-10-25-50)51-26-11-4-12-27-51/h1-41H. The highest BCUT2D eigenvalue weighted by molar-refractivity contribution is 7.19. The van der Waals surface area contributed by atoms with E-state index in [1.54, 1.807) is 0 Å². The summed E-state index contributed by atoms with van der Waals surface area (Å²) in [7, 11) is -2.69. The SMILES string of the molecule is c1ccc(-c2ccc3oc4c(c3c2)c2ccccc2n4-c2ccc3oc4ccc(-c5cccc(-c6cccc([Si](c7ccccc7)(c7ccccc7)c7ccccc7)c6)c5)cc4c3c2)cc1. The molecular formula is C62H41NO2Si. The second kappa shape index (κ2) is 15.4. The van der Waals surface area contributed by atoms with Crippen LogP contribution in [0.1, 0.15) is 0 Å². The van der Waals surface area contributed by atoms with Crippen molar-refractivity contribution in [2.24, 2.45) is 0 Å². The van der Waals surface area contributed by atoms with E-state index < -0.39 is 8.07 Å². The highest BCUT2D eigenvalue weighted by Gasteiger charge is 2.41. The fraction of sp³-hybridized carbons (Fsp3) is 0. The van der Waals surface area contributed by atoms with Gasteiger partial charge in [0, 0.05) is 27.2 Å². The largest absolute Gasteiger partial charge is 0.456 e. The summed E-state index contributed by atoms with van der Waals surface area (Å²) < 4.78 is 15.5. The third kappa shape index (κ3) is 6.03. The van der Waals surface area contributed by atoms with Gasteiger partial charge in [-0.1, -0.05) is 194 Å². The minimum atomic E-state index is -2.69. The van der Waals surface area contributed by atoms with Crippen LogP contribution in [0.2, 0.25) is 0 Å². The van der Waals surface area contributed by atoms with E-state index in [9.17, 15) is 0 Å². The lowest BCUT2D eigenvalue weighted by Gasteiger charge is -2.34. The molecule has 0 aliphatic rings. The maximum absolute atomic E-state index is 6.75. The first kappa shape index (κ1) is 38.1. The lowest BCUT2D eigenvalue weighted by atomic mass is 9.98. The Balaban J connectivity index is 0.918. The molecule has 0 fully saturated rings. The number of rotatable bonds is 8. The minimum absolute atomic E-state index is 0.835. The second-order valence-corrected chi connectivity index (χ2v) is 21.0. The Labute approximate surface area is 383 Å². The van der Waals surface area contributed by atoms with Gasteiger partial charge in [0.1, 0.15) is 16.7 Å². The number of nitrogens with zero attached hydrogens (tertiary/aromatic N) is 1. The van der Waals surface area contributed by atoms with E-state index >= 15 is 0 Å². The summed E-state index contributed by atoms with van der Waals surface area (Å²) in [4.78, 5) is 0. The summed E-state index contributed by atoms with van der Waals surface area (Å²) in [5.74, 6) is 0. The van der Waals surface area contributed by atoms with Gasteiger partial charge >= 0.3 is 0 Å². The van der Waals surface area contributed by atoms with Gasteiger partial charge in [-0.3, -0.25) is 4.57 Å². The fourth-order valence-electron chi connectivity index (χ4n) is 10.5. The van der Waals surface area contributed by atoms with Crippen LogP contribution in [0.5, 0.6) is 0 Å². The maximum atomic E-state index is 6.75. The zero-order chi connectivity index (χ0) is 43.6. The van der Waals surface area contributed by atoms with E-state index in [1.165, 1.54) is 43.0 Å². The number of hydrogen-bond acceptors (Lipinski definition) is 2. The fourth-order valence-corrected chi connectivity index (χ4v) is 15.3. The lowest BCUT2D eigenvalue weighted by Crippen LogP contribution is -2.74. The van der Waals surface area contributed by atoms with E-state index in [2.05, 4.69) is 253 Å². The van der Waals surface area contributed by atoms with Gasteiger partial charge in [0.15, 0.2) is 8.07 Å². The molecule has 0 saturated heterocycles. The number of para-hydroxylation sites is 1. The molecule has 3 heterocycles. The van der Waals surface area contributed by atoms with Crippen molar-refractivity contribution in [2.45, 2.75) is 0 Å². The van der Waals surface area contributed by atoms with Crippen LogP contribution in [-0.4, -0.2) is 12.6 Å². The Bertz CT molecular complexity index is 3830. The molecule has 4 heteroatoms. The van der Waals surface area contributed by atoms with Gasteiger partial charge in [-0.15, -0.1) is 0 Å². The summed E-state index contributed by atoms with van der Waals surface area (Å²) in [5, 5.41) is 11.0. The predicted molar refractivity (Wildman–Crippen MR) is 278 cm³/mol. The van der Waals surface area contributed by atoms with Crippen molar-refractivity contribution in [1.29, 1.82) is 0 Å². The predicted octanol–water partition coefficient (Wildman–Crippen LogP) is 13.8. The molecule has 13 rings (SSSR count). The molecule has 0 bridgehead atoms. The Morgan fingerprint density at radius 3 is 1.39 bits per heavy atom. The van der Waals surface area contributed by atoms with Crippen LogP contribution in [0.3, 0.4) is 0 Å². The highest BCUT2D eigenvalue weighted by Crippen LogP contribution is 2.42. The monoisotopic (exact) mass is 859 g/mol. The van der Waals surface area contributed by atoms with Gasteiger partial charge < -0.3 is 8.83 Å². The molecule has 0 atom stereocenters. The zero-order valence-electron chi connectivity index (χ0n) is 35.9. The summed E-state index contributed by atoms with van der Waals surface area (Å²) in [6.45, 7) is 0. The number of aromatic nitrogens is 1. The molecule has 0 amide bonds. The summed E-state index contributed by atoms with van der Waals surface area (Å²) in [5.41, 5.74) is 12.5. The topological polar surface area (TPSA) is 31.2 Å². The molecule has 0 aliphatic heterocycles. The molecule has 13 aromatic rings. The van der Waals surface area contributed by atoms with Crippen LogP contribution in [-0.2, 0) is 0 Å². The molecule has 3 aromatic heterocycles. The van der Waals surface area contributed by atoms with Crippen LogP contribution in [0.25, 0.3) is 94.0 Å². The Kier molecular flexibility index (Phi) is 8.86. The third-order valence-electron chi connectivity index (χ3n) is 13.6. The van der Waals surface area contributed by atoms with Crippen LogP contribution in [0.15, 0.2) is 258 Å². The van der Waals surface area contributed by atoms with Gasteiger partial charge in [-0.05, 0) is 109 Å². The van der Waals surface area contributed by atoms with Crippen molar-refractivity contribution in [3.63, 3.8) is 0 Å². The Hall–Kier alpha value is -8.44. The van der Waals surface area contributed by atoms with Crippen molar-refractivity contribution >= 4 is 83.7 Å². The van der Waals surface area contributed by atoms with Crippen LogP contribution >= 0.6 is 0 Å². The van der Waals surface area contributed by atoms with Gasteiger partial charge in [-0.2, -0.15) is 0 Å². The molecule has 0 aliphatic carbocycles. The van der Waals surface area contributed by atoms with E-state index in [4.69, 9.17) is 8.83 Å². The summed E-state index contributed by atoms with van der Waals surface area (Å²) >= 11 is 0. The zero-order valence-corrected chi connectivity index (χ0v) is 36.9. The van der Waals surface area contributed by atoms with Crippen molar-refractivity contribution in [3.8, 4) is 39.1 Å². The number of fused-ring (bicyclic) bond motifs is 8. The van der Waals surface area contributed by atoms with E-state index in [0.717, 1.165) is 71.7 Å². The van der Waals surface area contributed by atoms with Crippen molar-refractivity contribution < 1.29 is 8.83 Å². The van der Waals surface area contributed by atoms with Crippen LogP contribution < -0.4 is 20.7 Å². The molecule has 0 radical (unpaired) electrons. The molecule has 0 N–H and O–H groups in total. The van der Waals surface area contributed by atoms with Gasteiger partial charge in [-0.25, -0.2) is 0 Å². The van der Waals surface area contributed by atoms with Crippen molar-refractivity contribution in [3.05, 3.63) is 249 Å². The first-order valence-corrected chi connectivity index (χ1v) is 24.6. The Morgan fingerprint density at radius 2 is 0.742 bits per heavy atom. The van der Waals surface area contributed by atoms with Gasteiger partial charge in [0.25, 0.3) is 0 Å². The normalized spacial score (nSPS) is 11.9. The minimum Gasteiger partial charge on any atom is -0.456 e. The maximum Gasteiger partial charge on any atom is 0.213 e. The molecule has 0 spiro atoms.